The number of para-hydroxylation sites is 2. The molecule has 5 nitrogen and oxygen atoms in total. The molecule has 1 amide bonds. The van der Waals surface area contributed by atoms with Crippen molar-refractivity contribution in [2.45, 2.75) is 39.5 Å². The molecule has 1 aliphatic carbocycles. The lowest BCUT2D eigenvalue weighted by Gasteiger charge is -2.19. The summed E-state index contributed by atoms with van der Waals surface area (Å²) in [5.74, 6) is 0.474. The van der Waals surface area contributed by atoms with Crippen molar-refractivity contribution in [3.63, 3.8) is 0 Å². The third-order valence-corrected chi connectivity index (χ3v) is 5.98. The molecule has 3 rings (SSSR count). The summed E-state index contributed by atoms with van der Waals surface area (Å²) in [7, 11) is 0. The normalized spacial score (nSPS) is 15.7. The smallest absolute Gasteiger partial charge is 0.348 e. The molecule has 1 N–H and O–H groups in total. The molecular weight excluding hydrogens is 362 g/mol. The number of ether oxygens (including phenoxy) is 2. The van der Waals surface area contributed by atoms with Crippen molar-refractivity contribution in [2.24, 2.45) is 5.92 Å². The van der Waals surface area contributed by atoms with Gasteiger partial charge in [-0.05, 0) is 55.9 Å². The molecule has 6 heteroatoms. The number of esters is 1. The molecule has 144 valence electrons. The van der Waals surface area contributed by atoms with Crippen molar-refractivity contribution < 1.29 is 19.1 Å². The van der Waals surface area contributed by atoms with Crippen LogP contribution in [-0.4, -0.2) is 25.1 Å². The third kappa shape index (κ3) is 4.89. The van der Waals surface area contributed by atoms with E-state index in [2.05, 4.69) is 12.2 Å². The molecule has 0 saturated heterocycles. The molecule has 2 aromatic rings. The van der Waals surface area contributed by atoms with Crippen LogP contribution in [0.15, 0.2) is 30.3 Å². The zero-order valence-corrected chi connectivity index (χ0v) is 16.6. The van der Waals surface area contributed by atoms with E-state index in [1.54, 1.807) is 12.1 Å². The van der Waals surface area contributed by atoms with Crippen LogP contribution in [0.5, 0.6) is 5.75 Å². The summed E-state index contributed by atoms with van der Waals surface area (Å²) in [5, 5.41) is 2.73. The number of thiophene rings is 1. The number of nitrogens with one attached hydrogen (secondary N) is 1. The number of anilines is 1. The number of hydrogen-bond acceptors (Lipinski definition) is 5. The van der Waals surface area contributed by atoms with Gasteiger partial charge in [0, 0.05) is 4.88 Å². The van der Waals surface area contributed by atoms with Crippen LogP contribution in [0.2, 0.25) is 0 Å². The molecule has 0 unspecified atom stereocenters. The van der Waals surface area contributed by atoms with Crippen LogP contribution >= 0.6 is 11.3 Å². The van der Waals surface area contributed by atoms with Crippen molar-refractivity contribution in [3.8, 4) is 5.75 Å². The van der Waals surface area contributed by atoms with Gasteiger partial charge in [0.25, 0.3) is 5.91 Å². The number of hydrogen-bond donors (Lipinski definition) is 1. The summed E-state index contributed by atoms with van der Waals surface area (Å²) in [5.41, 5.74) is 1.83. The van der Waals surface area contributed by atoms with Crippen LogP contribution in [0.3, 0.4) is 0 Å². The van der Waals surface area contributed by atoms with Crippen LogP contribution in [0, 0.1) is 5.92 Å². The number of carbonyl (C=O) groups is 2. The molecule has 1 aromatic heterocycles. The number of benzene rings is 1. The fraction of sp³-hybridized carbons (Fsp3) is 0.429. The Labute approximate surface area is 163 Å². The van der Waals surface area contributed by atoms with Crippen LogP contribution in [-0.2, 0) is 22.4 Å². The molecule has 0 spiro atoms. The van der Waals surface area contributed by atoms with E-state index in [9.17, 15) is 9.59 Å². The summed E-state index contributed by atoms with van der Waals surface area (Å²) in [4.78, 5) is 26.3. The first-order valence-electron chi connectivity index (χ1n) is 9.41. The minimum atomic E-state index is -0.435. The second-order valence-electron chi connectivity index (χ2n) is 6.63. The van der Waals surface area contributed by atoms with Gasteiger partial charge in [-0.15, -0.1) is 11.3 Å². The Balaban J connectivity index is 1.55. The molecule has 0 saturated carbocycles. The van der Waals surface area contributed by atoms with E-state index >= 15 is 0 Å². The Morgan fingerprint density at radius 3 is 2.85 bits per heavy atom. The van der Waals surface area contributed by atoms with E-state index < -0.39 is 5.97 Å². The van der Waals surface area contributed by atoms with Gasteiger partial charge in [0.15, 0.2) is 6.61 Å². The Bertz CT molecular complexity index is 814. The molecule has 0 fully saturated rings. The number of fused-ring (bicyclic) bond motifs is 1. The highest BCUT2D eigenvalue weighted by atomic mass is 32.1. The van der Waals surface area contributed by atoms with Crippen LogP contribution in [0.25, 0.3) is 0 Å². The third-order valence-electron chi connectivity index (χ3n) is 4.76. The lowest BCUT2D eigenvalue weighted by atomic mass is 9.87. The summed E-state index contributed by atoms with van der Waals surface area (Å²) >= 11 is 1.49. The number of amides is 1. The molecule has 1 aliphatic rings. The average molecular weight is 388 g/mol. The largest absolute Gasteiger partial charge is 0.492 e. The van der Waals surface area contributed by atoms with Crippen LogP contribution in [0.4, 0.5) is 5.69 Å². The zero-order valence-electron chi connectivity index (χ0n) is 15.7. The van der Waals surface area contributed by atoms with Crippen molar-refractivity contribution >= 4 is 28.9 Å². The van der Waals surface area contributed by atoms with Crippen molar-refractivity contribution in [2.75, 3.05) is 18.5 Å². The maximum absolute atomic E-state index is 12.3. The summed E-state index contributed by atoms with van der Waals surface area (Å²) in [6, 6.07) is 9.12. The van der Waals surface area contributed by atoms with Gasteiger partial charge < -0.3 is 14.8 Å². The SMILES string of the molecule is CCOc1ccccc1NC(=O)COC(=O)c1cc2c(s1)CC[C@@H](CC)C2. The fourth-order valence-corrected chi connectivity index (χ4v) is 4.39. The predicted molar refractivity (Wildman–Crippen MR) is 107 cm³/mol. The highest BCUT2D eigenvalue weighted by molar-refractivity contribution is 7.14. The van der Waals surface area contributed by atoms with E-state index in [1.807, 2.05) is 25.1 Å². The molecule has 0 radical (unpaired) electrons. The average Bonchev–Trinajstić information content (AvgIpc) is 3.11. The Hall–Kier alpha value is -2.34. The second kappa shape index (κ2) is 9.04. The molecule has 1 atom stereocenters. The predicted octanol–water partition coefficient (Wildman–Crippen LogP) is 4.46. The summed E-state index contributed by atoms with van der Waals surface area (Å²) in [6.45, 7) is 4.27. The van der Waals surface area contributed by atoms with E-state index in [0.717, 1.165) is 12.8 Å². The first kappa shape index (κ1) is 19.4. The molecule has 1 heterocycles. The topological polar surface area (TPSA) is 64.6 Å². The molecule has 1 aromatic carbocycles. The molecular formula is C21H25NO4S. The van der Waals surface area contributed by atoms with Crippen LogP contribution in [0.1, 0.15) is 46.8 Å². The molecule has 0 aliphatic heterocycles. The maximum Gasteiger partial charge on any atom is 0.348 e. The molecule has 27 heavy (non-hydrogen) atoms. The van der Waals surface area contributed by atoms with E-state index in [0.29, 0.717) is 28.8 Å². The van der Waals surface area contributed by atoms with Gasteiger partial charge in [-0.2, -0.15) is 0 Å². The van der Waals surface area contributed by atoms with Gasteiger partial charge in [0.2, 0.25) is 0 Å². The van der Waals surface area contributed by atoms with Gasteiger partial charge >= 0.3 is 5.97 Å². The maximum atomic E-state index is 12.3. The van der Waals surface area contributed by atoms with E-state index in [1.165, 1.54) is 34.6 Å². The first-order valence-corrected chi connectivity index (χ1v) is 10.2. The fourth-order valence-electron chi connectivity index (χ4n) is 3.29. The lowest BCUT2D eigenvalue weighted by molar-refractivity contribution is -0.119. The number of aryl methyl sites for hydroxylation is 1. The summed E-state index contributed by atoms with van der Waals surface area (Å²) in [6.07, 6.45) is 4.41. The quantitative estimate of drug-likeness (QED) is 0.713. The van der Waals surface area contributed by atoms with E-state index in [4.69, 9.17) is 9.47 Å². The minimum Gasteiger partial charge on any atom is -0.492 e. The monoisotopic (exact) mass is 387 g/mol. The second-order valence-corrected chi connectivity index (χ2v) is 7.77. The van der Waals surface area contributed by atoms with Gasteiger partial charge in [0.1, 0.15) is 10.6 Å². The first-order chi connectivity index (χ1) is 13.1. The Morgan fingerprint density at radius 2 is 2.07 bits per heavy atom. The minimum absolute atomic E-state index is 0.320. The standard InChI is InChI=1S/C21H25NO4S/c1-3-14-9-10-18-15(11-14)12-19(27-18)21(24)26-13-20(23)22-16-7-5-6-8-17(16)25-4-2/h5-8,12,14H,3-4,9-11,13H2,1-2H3,(H,22,23)/t14-/m1/s1. The van der Waals surface area contributed by atoms with Crippen molar-refractivity contribution in [1.29, 1.82) is 0 Å². The highest BCUT2D eigenvalue weighted by Crippen LogP contribution is 2.33. The van der Waals surface area contributed by atoms with Crippen molar-refractivity contribution in [1.82, 2.24) is 0 Å². The highest BCUT2D eigenvalue weighted by Gasteiger charge is 2.23. The summed E-state index contributed by atoms with van der Waals surface area (Å²) < 4.78 is 10.7. The number of carbonyl (C=O) groups excluding carboxylic acids is 2. The number of rotatable bonds is 7. The van der Waals surface area contributed by atoms with Crippen molar-refractivity contribution in [3.05, 3.63) is 45.6 Å². The lowest BCUT2D eigenvalue weighted by Crippen LogP contribution is -2.21. The van der Waals surface area contributed by atoms with Gasteiger partial charge in [-0.3, -0.25) is 4.79 Å². The van der Waals surface area contributed by atoms with E-state index in [-0.39, 0.29) is 12.5 Å². The van der Waals surface area contributed by atoms with Gasteiger partial charge in [-0.25, -0.2) is 4.79 Å². The van der Waals surface area contributed by atoms with Gasteiger partial charge in [0.05, 0.1) is 12.3 Å². The van der Waals surface area contributed by atoms with Gasteiger partial charge in [-0.1, -0.05) is 25.5 Å². The van der Waals surface area contributed by atoms with Crippen LogP contribution < -0.4 is 10.1 Å². The zero-order chi connectivity index (χ0) is 19.2. The molecule has 0 bridgehead atoms. The Morgan fingerprint density at radius 1 is 1.26 bits per heavy atom. The Kier molecular flexibility index (Phi) is 6.50.